The van der Waals surface area contributed by atoms with Crippen molar-refractivity contribution >= 4 is 33.1 Å². The molecule has 0 saturated carbocycles. The highest BCUT2D eigenvalue weighted by molar-refractivity contribution is 7.89. The van der Waals surface area contributed by atoms with Crippen LogP contribution in [0.2, 0.25) is 5.02 Å². The lowest BCUT2D eigenvalue weighted by atomic mass is 10.1. The zero-order chi connectivity index (χ0) is 19.6. The Labute approximate surface area is 164 Å². The van der Waals surface area contributed by atoms with Crippen LogP contribution in [0.3, 0.4) is 0 Å². The topological polar surface area (TPSA) is 66.9 Å². The zero-order valence-electron chi connectivity index (χ0n) is 15.2. The molecule has 6 nitrogen and oxygen atoms in total. The molecule has 0 aliphatic carbocycles. The highest BCUT2D eigenvalue weighted by Crippen LogP contribution is 2.29. The van der Waals surface area contributed by atoms with E-state index in [4.69, 9.17) is 16.3 Å². The number of rotatable bonds is 5. The molecule has 0 N–H and O–H groups in total. The van der Waals surface area contributed by atoms with Gasteiger partial charge in [-0.3, -0.25) is 4.79 Å². The summed E-state index contributed by atoms with van der Waals surface area (Å²) < 4.78 is 32.3. The Kier molecular flexibility index (Phi) is 5.74. The van der Waals surface area contributed by atoms with Crippen LogP contribution in [-0.4, -0.2) is 51.8 Å². The minimum Gasteiger partial charge on any atom is -0.495 e. The Morgan fingerprint density at radius 3 is 2.19 bits per heavy atom. The van der Waals surface area contributed by atoms with Gasteiger partial charge in [0.25, 0.3) is 0 Å². The van der Waals surface area contributed by atoms with Crippen molar-refractivity contribution in [1.82, 2.24) is 4.31 Å². The summed E-state index contributed by atoms with van der Waals surface area (Å²) in [5.74, 6) is 0.463. The van der Waals surface area contributed by atoms with Crippen molar-refractivity contribution in [1.29, 1.82) is 0 Å². The first-order valence-electron chi connectivity index (χ1n) is 8.52. The lowest BCUT2D eigenvalue weighted by molar-refractivity contribution is 0.101. The third-order valence-electron chi connectivity index (χ3n) is 4.64. The SMILES string of the molecule is COc1ccc(S(=O)(=O)N2CCN(c3ccc(C(C)=O)cc3)CC2)cc1Cl. The standard InChI is InChI=1S/C19H21ClN2O4S/c1-14(23)15-3-5-16(6-4-15)21-9-11-22(12-10-21)27(24,25)17-7-8-19(26-2)18(20)13-17/h3-8,13H,9-12H2,1-2H3. The van der Waals surface area contributed by atoms with Crippen LogP contribution in [0.4, 0.5) is 5.69 Å². The van der Waals surface area contributed by atoms with Gasteiger partial charge >= 0.3 is 0 Å². The molecule has 8 heteroatoms. The highest BCUT2D eigenvalue weighted by Gasteiger charge is 2.29. The van der Waals surface area contributed by atoms with Gasteiger partial charge in [-0.2, -0.15) is 4.31 Å². The Balaban J connectivity index is 1.71. The molecule has 0 spiro atoms. The van der Waals surface area contributed by atoms with E-state index in [1.807, 2.05) is 12.1 Å². The normalized spacial score (nSPS) is 15.6. The largest absolute Gasteiger partial charge is 0.495 e. The van der Waals surface area contributed by atoms with E-state index in [-0.39, 0.29) is 15.7 Å². The van der Waals surface area contributed by atoms with Gasteiger partial charge in [0.2, 0.25) is 10.0 Å². The molecule has 2 aromatic carbocycles. The summed E-state index contributed by atoms with van der Waals surface area (Å²) in [6.07, 6.45) is 0. The Morgan fingerprint density at radius 2 is 1.67 bits per heavy atom. The average Bonchev–Trinajstić information content (AvgIpc) is 2.68. The van der Waals surface area contributed by atoms with Crippen molar-refractivity contribution in [3.05, 3.63) is 53.1 Å². The number of piperazine rings is 1. The molecule has 0 aromatic heterocycles. The summed E-state index contributed by atoms with van der Waals surface area (Å²) in [5.41, 5.74) is 1.64. The number of benzene rings is 2. The fraction of sp³-hybridized carbons (Fsp3) is 0.316. The summed E-state index contributed by atoms with van der Waals surface area (Å²) in [5, 5.41) is 0.266. The van der Waals surface area contributed by atoms with Crippen LogP contribution in [0.25, 0.3) is 0 Å². The third-order valence-corrected chi connectivity index (χ3v) is 6.83. The number of carbonyl (C=O) groups excluding carboxylic acids is 1. The monoisotopic (exact) mass is 408 g/mol. The number of anilines is 1. The van der Waals surface area contributed by atoms with E-state index in [9.17, 15) is 13.2 Å². The van der Waals surface area contributed by atoms with Crippen LogP contribution in [0.15, 0.2) is 47.4 Å². The lowest BCUT2D eigenvalue weighted by Gasteiger charge is -2.35. The molecule has 1 heterocycles. The van der Waals surface area contributed by atoms with Gasteiger partial charge < -0.3 is 9.64 Å². The number of halogens is 1. The first-order chi connectivity index (χ1) is 12.8. The van der Waals surface area contributed by atoms with Gasteiger partial charge in [-0.25, -0.2) is 8.42 Å². The Morgan fingerprint density at radius 1 is 1.04 bits per heavy atom. The molecule has 1 saturated heterocycles. The van der Waals surface area contributed by atoms with E-state index in [0.717, 1.165) is 5.69 Å². The van der Waals surface area contributed by atoms with Crippen LogP contribution < -0.4 is 9.64 Å². The van der Waals surface area contributed by atoms with Gasteiger partial charge in [-0.05, 0) is 49.4 Å². The zero-order valence-corrected chi connectivity index (χ0v) is 16.8. The fourth-order valence-electron chi connectivity index (χ4n) is 3.05. The van der Waals surface area contributed by atoms with Crippen LogP contribution in [0, 0.1) is 0 Å². The molecule has 27 heavy (non-hydrogen) atoms. The molecule has 1 aliphatic heterocycles. The second-order valence-electron chi connectivity index (χ2n) is 6.29. The number of hydrogen-bond acceptors (Lipinski definition) is 5. The van der Waals surface area contributed by atoms with Crippen LogP contribution in [0.1, 0.15) is 17.3 Å². The van der Waals surface area contributed by atoms with Gasteiger partial charge in [0, 0.05) is 37.4 Å². The number of hydrogen-bond donors (Lipinski definition) is 0. The minimum atomic E-state index is -3.61. The number of methoxy groups -OCH3 is 1. The number of nitrogens with zero attached hydrogens (tertiary/aromatic N) is 2. The fourth-order valence-corrected chi connectivity index (χ4v) is 4.82. The van der Waals surface area contributed by atoms with Gasteiger partial charge in [0.15, 0.2) is 5.78 Å². The second kappa shape index (κ2) is 7.88. The van der Waals surface area contributed by atoms with Crippen LogP contribution in [-0.2, 0) is 10.0 Å². The quantitative estimate of drug-likeness (QED) is 0.711. The maximum atomic E-state index is 12.9. The molecule has 3 rings (SSSR count). The van der Waals surface area contributed by atoms with E-state index >= 15 is 0 Å². The van der Waals surface area contributed by atoms with Crippen LogP contribution >= 0.6 is 11.6 Å². The van der Waals surface area contributed by atoms with E-state index in [0.29, 0.717) is 37.5 Å². The van der Waals surface area contributed by atoms with Crippen molar-refractivity contribution in [3.8, 4) is 5.75 Å². The molecule has 1 fully saturated rings. The summed E-state index contributed by atoms with van der Waals surface area (Å²) in [6.45, 7) is 3.43. The molecule has 0 radical (unpaired) electrons. The molecule has 1 aliphatic rings. The molecule has 144 valence electrons. The summed E-state index contributed by atoms with van der Waals surface area (Å²) >= 11 is 6.07. The van der Waals surface area contributed by atoms with Crippen molar-refractivity contribution in [2.75, 3.05) is 38.2 Å². The van der Waals surface area contributed by atoms with Gasteiger partial charge in [-0.1, -0.05) is 11.6 Å². The van der Waals surface area contributed by atoms with Gasteiger partial charge in [-0.15, -0.1) is 0 Å². The first-order valence-corrected chi connectivity index (χ1v) is 10.3. The van der Waals surface area contributed by atoms with Gasteiger partial charge in [0.1, 0.15) is 5.75 Å². The lowest BCUT2D eigenvalue weighted by Crippen LogP contribution is -2.48. The third kappa shape index (κ3) is 4.10. The summed E-state index contributed by atoms with van der Waals surface area (Å²) in [6, 6.07) is 11.9. The molecule has 0 unspecified atom stereocenters. The van der Waals surface area contributed by atoms with Crippen molar-refractivity contribution < 1.29 is 17.9 Å². The maximum absolute atomic E-state index is 12.9. The number of carbonyl (C=O) groups is 1. The van der Waals surface area contributed by atoms with E-state index in [2.05, 4.69) is 4.90 Å². The Hall–Kier alpha value is -2.09. The predicted octanol–water partition coefficient (Wildman–Crippen LogP) is 3.06. The molecule has 0 amide bonds. The van der Waals surface area contributed by atoms with Crippen molar-refractivity contribution in [2.45, 2.75) is 11.8 Å². The van der Waals surface area contributed by atoms with Crippen LogP contribution in [0.5, 0.6) is 5.75 Å². The first kappa shape index (κ1) is 19.7. The average molecular weight is 409 g/mol. The van der Waals surface area contributed by atoms with Gasteiger partial charge in [0.05, 0.1) is 17.0 Å². The smallest absolute Gasteiger partial charge is 0.243 e. The van der Waals surface area contributed by atoms with Crippen molar-refractivity contribution in [2.24, 2.45) is 0 Å². The summed E-state index contributed by atoms with van der Waals surface area (Å²) in [7, 11) is -2.13. The molecular weight excluding hydrogens is 388 g/mol. The number of ether oxygens (including phenoxy) is 1. The highest BCUT2D eigenvalue weighted by atomic mass is 35.5. The predicted molar refractivity (Wildman–Crippen MR) is 105 cm³/mol. The van der Waals surface area contributed by atoms with E-state index < -0.39 is 10.0 Å². The van der Waals surface area contributed by atoms with E-state index in [1.165, 1.54) is 30.5 Å². The van der Waals surface area contributed by atoms with E-state index in [1.54, 1.807) is 18.2 Å². The number of ketones is 1. The molecule has 0 atom stereocenters. The number of Topliss-reactive ketones (excluding diaryl/α,β-unsaturated/α-hetero) is 1. The maximum Gasteiger partial charge on any atom is 0.243 e. The minimum absolute atomic E-state index is 0.0237. The molecule has 0 bridgehead atoms. The van der Waals surface area contributed by atoms with Crippen molar-refractivity contribution in [3.63, 3.8) is 0 Å². The number of sulfonamides is 1. The molecular formula is C19H21ClN2O4S. The Bertz CT molecular complexity index is 937. The second-order valence-corrected chi connectivity index (χ2v) is 8.64. The molecule has 2 aromatic rings. The summed E-state index contributed by atoms with van der Waals surface area (Å²) in [4.78, 5) is 13.6.